The molecule has 3 aromatic carbocycles. The van der Waals surface area contributed by atoms with E-state index in [1.54, 1.807) is 12.1 Å². The monoisotopic (exact) mass is 447 g/mol. The van der Waals surface area contributed by atoms with Crippen molar-refractivity contribution in [1.82, 2.24) is 5.32 Å². The molecule has 0 aromatic heterocycles. The van der Waals surface area contributed by atoms with E-state index in [9.17, 15) is 4.39 Å². The van der Waals surface area contributed by atoms with E-state index in [-0.39, 0.29) is 5.82 Å². The molecule has 0 saturated heterocycles. The molecule has 2 nitrogen and oxygen atoms in total. The molecule has 0 atom stereocenters. The van der Waals surface area contributed by atoms with E-state index in [1.807, 2.05) is 36.4 Å². The van der Waals surface area contributed by atoms with Gasteiger partial charge in [0.25, 0.3) is 0 Å². The summed E-state index contributed by atoms with van der Waals surface area (Å²) in [6.07, 6.45) is 0.928. The topological polar surface area (TPSA) is 21.3 Å². The number of hydrogen-bond acceptors (Lipinski definition) is 2. The second kappa shape index (κ2) is 9.88. The third-order valence-corrected chi connectivity index (χ3v) is 4.89. The molecule has 5 heteroatoms. The summed E-state index contributed by atoms with van der Waals surface area (Å²) in [5, 5.41) is 4.21. The molecule has 0 aliphatic rings. The van der Waals surface area contributed by atoms with Crippen molar-refractivity contribution >= 4 is 27.5 Å². The molecule has 0 aliphatic carbocycles. The highest BCUT2D eigenvalue weighted by Gasteiger charge is 2.06. The molecule has 0 unspecified atom stereocenters. The van der Waals surface area contributed by atoms with Crippen molar-refractivity contribution < 1.29 is 9.13 Å². The third-order valence-electron chi connectivity index (χ3n) is 4.15. The van der Waals surface area contributed by atoms with Crippen LogP contribution in [0.25, 0.3) is 0 Å². The lowest BCUT2D eigenvalue weighted by molar-refractivity contribution is 0.302. The summed E-state index contributed by atoms with van der Waals surface area (Å²) in [5.74, 6) is 0.578. The quantitative estimate of drug-likeness (QED) is 0.417. The van der Waals surface area contributed by atoms with Gasteiger partial charge in [0.05, 0.1) is 0 Å². The van der Waals surface area contributed by atoms with E-state index in [4.69, 9.17) is 16.3 Å². The average molecular weight is 449 g/mol. The first kappa shape index (κ1) is 19.9. The predicted octanol–water partition coefficient (Wildman–Crippen LogP) is 6.15. The molecule has 0 radical (unpaired) electrons. The molecular weight excluding hydrogens is 429 g/mol. The Morgan fingerprint density at radius 3 is 2.37 bits per heavy atom. The minimum atomic E-state index is -0.243. The minimum Gasteiger partial charge on any atom is -0.489 e. The molecule has 0 heterocycles. The summed E-state index contributed by atoms with van der Waals surface area (Å²) in [7, 11) is 0. The van der Waals surface area contributed by atoms with Gasteiger partial charge in [-0.1, -0.05) is 51.8 Å². The predicted molar refractivity (Wildman–Crippen MR) is 112 cm³/mol. The number of hydrogen-bond donors (Lipinski definition) is 1. The highest BCUT2D eigenvalue weighted by Crippen LogP contribution is 2.24. The summed E-state index contributed by atoms with van der Waals surface area (Å²) in [5.41, 5.74) is 3.25. The van der Waals surface area contributed by atoms with E-state index >= 15 is 0 Å². The third kappa shape index (κ3) is 6.35. The van der Waals surface area contributed by atoms with Crippen molar-refractivity contribution in [2.75, 3.05) is 6.54 Å². The molecular formula is C22H20BrClFNO. The second-order valence-electron chi connectivity index (χ2n) is 6.22. The Morgan fingerprint density at radius 1 is 0.926 bits per heavy atom. The fraction of sp³-hybridized carbons (Fsp3) is 0.182. The fourth-order valence-corrected chi connectivity index (χ4v) is 3.21. The van der Waals surface area contributed by atoms with Crippen LogP contribution < -0.4 is 10.1 Å². The Labute approximate surface area is 172 Å². The van der Waals surface area contributed by atoms with Crippen LogP contribution in [0.15, 0.2) is 71.2 Å². The Balaban J connectivity index is 1.55. The van der Waals surface area contributed by atoms with Gasteiger partial charge < -0.3 is 10.1 Å². The van der Waals surface area contributed by atoms with Crippen LogP contribution in [0.4, 0.5) is 4.39 Å². The minimum absolute atomic E-state index is 0.243. The van der Waals surface area contributed by atoms with Crippen molar-refractivity contribution in [1.29, 1.82) is 0 Å². The van der Waals surface area contributed by atoms with E-state index in [0.717, 1.165) is 39.3 Å². The van der Waals surface area contributed by atoms with E-state index < -0.39 is 0 Å². The molecule has 1 N–H and O–H groups in total. The van der Waals surface area contributed by atoms with Crippen LogP contribution in [0.5, 0.6) is 5.75 Å². The molecule has 0 saturated carbocycles. The molecule has 3 rings (SSSR count). The average Bonchev–Trinajstić information content (AvgIpc) is 2.67. The second-order valence-corrected chi connectivity index (χ2v) is 7.57. The van der Waals surface area contributed by atoms with Gasteiger partial charge in [-0.2, -0.15) is 0 Å². The van der Waals surface area contributed by atoms with Crippen molar-refractivity contribution in [3.05, 3.63) is 98.7 Å². The van der Waals surface area contributed by atoms with E-state index in [1.165, 1.54) is 17.7 Å². The number of benzene rings is 3. The van der Waals surface area contributed by atoms with Gasteiger partial charge in [0.1, 0.15) is 18.2 Å². The lowest BCUT2D eigenvalue weighted by atomic mass is 10.1. The molecule has 0 fully saturated rings. The zero-order chi connectivity index (χ0) is 19.1. The first-order chi connectivity index (χ1) is 13.1. The van der Waals surface area contributed by atoms with Crippen molar-refractivity contribution in [2.24, 2.45) is 0 Å². The lowest BCUT2D eigenvalue weighted by Gasteiger charge is -2.13. The zero-order valence-electron chi connectivity index (χ0n) is 14.7. The van der Waals surface area contributed by atoms with Crippen LogP contribution >= 0.6 is 27.5 Å². The number of nitrogens with one attached hydrogen (secondary N) is 1. The van der Waals surface area contributed by atoms with Crippen LogP contribution in [-0.2, 0) is 19.6 Å². The summed E-state index contributed by atoms with van der Waals surface area (Å²) in [6.45, 7) is 1.96. The lowest BCUT2D eigenvalue weighted by Crippen LogP contribution is -2.17. The van der Waals surface area contributed by atoms with Gasteiger partial charge in [0.2, 0.25) is 0 Å². The van der Waals surface area contributed by atoms with Gasteiger partial charge in [-0.15, -0.1) is 0 Å². The first-order valence-corrected chi connectivity index (χ1v) is 9.88. The molecule has 0 aliphatic heterocycles. The van der Waals surface area contributed by atoms with E-state index in [0.29, 0.717) is 13.2 Å². The normalized spacial score (nSPS) is 10.8. The Hall–Kier alpha value is -1.88. The number of rotatable bonds is 8. The van der Waals surface area contributed by atoms with Crippen LogP contribution in [0.3, 0.4) is 0 Å². The maximum Gasteiger partial charge on any atom is 0.124 e. The van der Waals surface area contributed by atoms with Gasteiger partial charge in [-0.05, 0) is 66.6 Å². The van der Waals surface area contributed by atoms with Crippen molar-refractivity contribution in [2.45, 2.75) is 19.6 Å². The molecule has 0 amide bonds. The maximum atomic E-state index is 13.0. The van der Waals surface area contributed by atoms with Gasteiger partial charge in [-0.3, -0.25) is 0 Å². The van der Waals surface area contributed by atoms with Crippen LogP contribution in [0.2, 0.25) is 5.02 Å². The number of ether oxygens (including phenoxy) is 1. The SMILES string of the molecule is Fc1ccc(COc2ccc(Br)cc2CNCCc2ccc(Cl)cc2)cc1. The summed E-state index contributed by atoms with van der Waals surface area (Å²) in [4.78, 5) is 0. The smallest absolute Gasteiger partial charge is 0.124 e. The number of halogens is 3. The molecule has 0 spiro atoms. The maximum absolute atomic E-state index is 13.0. The van der Waals surface area contributed by atoms with Gasteiger partial charge in [0.15, 0.2) is 0 Å². The highest BCUT2D eigenvalue weighted by molar-refractivity contribution is 9.10. The van der Waals surface area contributed by atoms with Crippen LogP contribution in [0, 0.1) is 5.82 Å². The fourth-order valence-electron chi connectivity index (χ4n) is 2.68. The Bertz CT molecular complexity index is 868. The zero-order valence-corrected chi connectivity index (χ0v) is 17.1. The van der Waals surface area contributed by atoms with Gasteiger partial charge >= 0.3 is 0 Å². The standard InChI is InChI=1S/C22H20BrClFNO/c23-19-5-10-22(27-15-17-3-8-21(25)9-4-17)18(13-19)14-26-12-11-16-1-6-20(24)7-2-16/h1-10,13,26H,11-12,14-15H2. The molecule has 140 valence electrons. The highest BCUT2D eigenvalue weighted by atomic mass is 79.9. The largest absolute Gasteiger partial charge is 0.489 e. The summed E-state index contributed by atoms with van der Waals surface area (Å²) >= 11 is 9.43. The van der Waals surface area contributed by atoms with Crippen LogP contribution in [-0.4, -0.2) is 6.54 Å². The molecule has 3 aromatic rings. The van der Waals surface area contributed by atoms with Gasteiger partial charge in [0, 0.05) is 21.6 Å². The molecule has 0 bridgehead atoms. The van der Waals surface area contributed by atoms with E-state index in [2.05, 4.69) is 27.3 Å². The Kier molecular flexibility index (Phi) is 7.27. The summed E-state index contributed by atoms with van der Waals surface area (Å²) in [6, 6.07) is 20.2. The summed E-state index contributed by atoms with van der Waals surface area (Å²) < 4.78 is 20.0. The Morgan fingerprint density at radius 2 is 1.63 bits per heavy atom. The first-order valence-electron chi connectivity index (χ1n) is 8.71. The van der Waals surface area contributed by atoms with Crippen molar-refractivity contribution in [3.8, 4) is 5.75 Å². The molecule has 27 heavy (non-hydrogen) atoms. The van der Waals surface area contributed by atoms with Crippen LogP contribution in [0.1, 0.15) is 16.7 Å². The van der Waals surface area contributed by atoms with Crippen molar-refractivity contribution in [3.63, 3.8) is 0 Å². The van der Waals surface area contributed by atoms with Gasteiger partial charge in [-0.25, -0.2) is 4.39 Å².